The van der Waals surface area contributed by atoms with Crippen LogP contribution in [0.4, 0.5) is 0 Å². The molecule has 0 bridgehead atoms. The van der Waals surface area contributed by atoms with Gasteiger partial charge in [0.2, 0.25) is 0 Å². The van der Waals surface area contributed by atoms with E-state index in [0.29, 0.717) is 0 Å². The third-order valence-electron chi connectivity index (χ3n) is 2.85. The normalized spacial score (nSPS) is 11.0. The summed E-state index contributed by atoms with van der Waals surface area (Å²) in [6.45, 7) is 12.1. The third-order valence-corrected chi connectivity index (χ3v) is 3.59. The average molecular weight is 325 g/mol. The molecule has 0 saturated carbocycles. The van der Waals surface area contributed by atoms with E-state index in [1.54, 1.807) is 0 Å². The van der Waals surface area contributed by atoms with E-state index in [4.69, 9.17) is 0 Å². The molecule has 1 N–H and O–H groups in total. The Bertz CT molecular complexity index is 415. The topological polar surface area (TPSA) is 15.3 Å². The van der Waals surface area contributed by atoms with Gasteiger partial charge in [0.15, 0.2) is 0 Å². The molecule has 0 aliphatic rings. The van der Waals surface area contributed by atoms with E-state index in [1.165, 1.54) is 27.6 Å². The maximum absolute atomic E-state index is 3.95. The van der Waals surface area contributed by atoms with Gasteiger partial charge in [0.05, 0.1) is 0 Å². The van der Waals surface area contributed by atoms with E-state index in [9.17, 15) is 0 Å². The van der Waals surface area contributed by atoms with E-state index in [1.807, 2.05) is 0 Å². The molecule has 0 aliphatic carbocycles. The molecule has 0 heterocycles. The Hall–Kier alpha value is -0.640. The van der Waals surface area contributed by atoms with Gasteiger partial charge in [0.25, 0.3) is 0 Å². The van der Waals surface area contributed by atoms with Crippen LogP contribution in [0, 0.1) is 0 Å². The fourth-order valence-electron chi connectivity index (χ4n) is 2.05. The molecular weight excluding hydrogens is 300 g/mol. The summed E-state index contributed by atoms with van der Waals surface area (Å²) < 4.78 is 1.19. The molecule has 0 aliphatic heterocycles. The van der Waals surface area contributed by atoms with Gasteiger partial charge in [-0.3, -0.25) is 4.90 Å². The van der Waals surface area contributed by atoms with Crippen LogP contribution in [0.5, 0.6) is 0 Å². The second-order valence-corrected chi connectivity index (χ2v) is 6.09. The van der Waals surface area contributed by atoms with Crippen molar-refractivity contribution in [3.63, 3.8) is 0 Å². The minimum Gasteiger partial charge on any atom is -0.313 e. The van der Waals surface area contributed by atoms with E-state index in [2.05, 4.69) is 71.8 Å². The fourth-order valence-corrected chi connectivity index (χ4v) is 2.60. The van der Waals surface area contributed by atoms with Crippen molar-refractivity contribution in [2.45, 2.75) is 33.4 Å². The lowest BCUT2D eigenvalue weighted by Gasteiger charge is -2.18. The van der Waals surface area contributed by atoms with Crippen LogP contribution in [0.3, 0.4) is 0 Å². The molecule has 1 aromatic carbocycles. The second-order valence-electron chi connectivity index (χ2n) is 5.23. The van der Waals surface area contributed by atoms with Crippen molar-refractivity contribution in [1.29, 1.82) is 0 Å². The molecule has 1 rings (SSSR count). The van der Waals surface area contributed by atoms with Gasteiger partial charge in [-0.15, -0.1) is 0 Å². The molecule has 0 atom stereocenters. The van der Waals surface area contributed by atoms with Crippen LogP contribution in [-0.2, 0) is 13.1 Å². The van der Waals surface area contributed by atoms with Crippen LogP contribution >= 0.6 is 15.9 Å². The maximum Gasteiger partial charge on any atom is 0.0245 e. The molecule has 19 heavy (non-hydrogen) atoms. The zero-order valence-electron chi connectivity index (χ0n) is 12.3. The lowest BCUT2D eigenvalue weighted by Crippen LogP contribution is -2.20. The predicted octanol–water partition coefficient (Wildman–Crippen LogP) is 3.96. The van der Waals surface area contributed by atoms with Gasteiger partial charge in [-0.25, -0.2) is 0 Å². The Morgan fingerprint density at radius 1 is 1.42 bits per heavy atom. The van der Waals surface area contributed by atoms with Crippen LogP contribution in [0.1, 0.15) is 31.4 Å². The number of nitrogens with one attached hydrogen (secondary N) is 1. The minimum absolute atomic E-state index is 0.937. The molecule has 3 heteroatoms. The molecular formula is C16H25BrN2. The molecule has 0 aromatic heterocycles. The summed E-state index contributed by atoms with van der Waals surface area (Å²) in [7, 11) is 2.12. The Balaban J connectivity index is 2.58. The van der Waals surface area contributed by atoms with Crippen LogP contribution in [-0.4, -0.2) is 25.0 Å². The molecule has 0 radical (unpaired) electrons. The fraction of sp³-hybridized carbons (Fsp3) is 0.500. The number of hydrogen-bond donors (Lipinski definition) is 1. The van der Waals surface area contributed by atoms with Crippen molar-refractivity contribution >= 4 is 15.9 Å². The smallest absolute Gasteiger partial charge is 0.0245 e. The van der Waals surface area contributed by atoms with Gasteiger partial charge in [0, 0.05) is 24.1 Å². The summed E-state index contributed by atoms with van der Waals surface area (Å²) in [5, 5.41) is 3.42. The summed E-state index contributed by atoms with van der Waals surface area (Å²) in [5.41, 5.74) is 3.84. The lowest BCUT2D eigenvalue weighted by molar-refractivity contribution is 0.355. The van der Waals surface area contributed by atoms with Crippen molar-refractivity contribution in [3.05, 3.63) is 46.0 Å². The average Bonchev–Trinajstić information content (AvgIpc) is 2.32. The molecule has 1 aromatic rings. The molecule has 2 nitrogen and oxygen atoms in total. The summed E-state index contributed by atoms with van der Waals surface area (Å²) in [4.78, 5) is 2.28. The first-order chi connectivity index (χ1) is 9.02. The van der Waals surface area contributed by atoms with Gasteiger partial charge in [-0.05, 0) is 44.1 Å². The number of benzene rings is 1. The maximum atomic E-state index is 3.95. The van der Waals surface area contributed by atoms with Crippen molar-refractivity contribution in [2.24, 2.45) is 0 Å². The second kappa shape index (κ2) is 8.51. The minimum atomic E-state index is 0.937. The first-order valence-electron chi connectivity index (χ1n) is 6.84. The largest absolute Gasteiger partial charge is 0.313 e. The van der Waals surface area contributed by atoms with Crippen LogP contribution in [0.25, 0.3) is 0 Å². The Labute approximate surface area is 126 Å². The third kappa shape index (κ3) is 6.37. The lowest BCUT2D eigenvalue weighted by atomic mass is 10.1. The van der Waals surface area contributed by atoms with E-state index >= 15 is 0 Å². The monoisotopic (exact) mass is 324 g/mol. The number of likely N-dealkylation sites (N-methyl/N-ethyl adjacent to an activating group) is 1. The highest BCUT2D eigenvalue weighted by atomic mass is 79.9. The summed E-state index contributed by atoms with van der Waals surface area (Å²) >= 11 is 3.67. The van der Waals surface area contributed by atoms with Crippen LogP contribution < -0.4 is 5.32 Å². The van der Waals surface area contributed by atoms with Crippen LogP contribution in [0.2, 0.25) is 0 Å². The summed E-state index contributed by atoms with van der Waals surface area (Å²) in [5.74, 6) is 0. The van der Waals surface area contributed by atoms with Gasteiger partial charge in [-0.1, -0.05) is 47.1 Å². The van der Waals surface area contributed by atoms with E-state index in [-0.39, 0.29) is 0 Å². The first kappa shape index (κ1) is 16.4. The number of rotatable bonds is 8. The van der Waals surface area contributed by atoms with Gasteiger partial charge in [-0.2, -0.15) is 0 Å². The Kier molecular flexibility index (Phi) is 7.36. The quantitative estimate of drug-likeness (QED) is 0.575. The summed E-state index contributed by atoms with van der Waals surface area (Å²) in [6, 6.07) is 6.63. The highest BCUT2D eigenvalue weighted by molar-refractivity contribution is 9.10. The van der Waals surface area contributed by atoms with Crippen molar-refractivity contribution in [1.82, 2.24) is 10.2 Å². The van der Waals surface area contributed by atoms with Crippen molar-refractivity contribution in [2.75, 3.05) is 20.1 Å². The van der Waals surface area contributed by atoms with Crippen molar-refractivity contribution < 1.29 is 0 Å². The first-order valence-corrected chi connectivity index (χ1v) is 7.63. The zero-order chi connectivity index (χ0) is 14.3. The molecule has 0 unspecified atom stereocenters. The molecule has 0 saturated heterocycles. The van der Waals surface area contributed by atoms with E-state index in [0.717, 1.165) is 26.2 Å². The van der Waals surface area contributed by atoms with Crippen LogP contribution in [0.15, 0.2) is 34.8 Å². The molecule has 106 valence electrons. The highest BCUT2D eigenvalue weighted by Gasteiger charge is 2.05. The molecule has 0 spiro atoms. The zero-order valence-corrected chi connectivity index (χ0v) is 13.9. The molecule has 0 fully saturated rings. The predicted molar refractivity (Wildman–Crippen MR) is 87.3 cm³/mol. The number of halogens is 1. The van der Waals surface area contributed by atoms with E-state index < -0.39 is 0 Å². The standard InChI is InChI=1S/C16H25BrN2/c1-5-8-18-10-14-6-7-15(16(17)9-14)12-19(4)11-13(2)3/h6-7,9,18H,2,5,8,10-12H2,1,3-4H3. The van der Waals surface area contributed by atoms with Gasteiger partial charge < -0.3 is 5.32 Å². The van der Waals surface area contributed by atoms with Gasteiger partial charge in [0.1, 0.15) is 0 Å². The SMILES string of the molecule is C=C(C)CN(C)Cc1ccc(CNCCC)cc1Br. The Morgan fingerprint density at radius 2 is 2.16 bits per heavy atom. The molecule has 0 amide bonds. The van der Waals surface area contributed by atoms with Crippen molar-refractivity contribution in [3.8, 4) is 0 Å². The Morgan fingerprint density at radius 3 is 2.74 bits per heavy atom. The summed E-state index contributed by atoms with van der Waals surface area (Å²) in [6.07, 6.45) is 1.17. The van der Waals surface area contributed by atoms with Gasteiger partial charge >= 0.3 is 0 Å². The highest BCUT2D eigenvalue weighted by Crippen LogP contribution is 2.20. The number of nitrogens with zero attached hydrogens (tertiary/aromatic N) is 1. The number of hydrogen-bond acceptors (Lipinski definition) is 2.